The smallest absolute Gasteiger partial charge is 0.408 e. The third-order valence-corrected chi connectivity index (χ3v) is 6.16. The normalized spacial score (nSPS) is 12.9. The van der Waals surface area contributed by atoms with Crippen LogP contribution in [0.4, 0.5) is 4.79 Å². The van der Waals surface area contributed by atoms with Crippen LogP contribution in [0.3, 0.4) is 0 Å². The Balaban J connectivity index is 1.91. The molecule has 2 atom stereocenters. The lowest BCUT2D eigenvalue weighted by Crippen LogP contribution is -2.53. The first kappa shape index (κ1) is 24.8. The van der Waals surface area contributed by atoms with Crippen molar-refractivity contribution in [2.24, 2.45) is 0 Å². The number of carboxylic acid groups (broad SMARTS) is 1. The molecule has 0 saturated heterocycles. The van der Waals surface area contributed by atoms with Gasteiger partial charge in [0.25, 0.3) is 0 Å². The lowest BCUT2D eigenvalue weighted by atomic mass is 10.2. The number of aliphatic hydroxyl groups excluding tert-OH is 1. The molecule has 172 valence electrons. The van der Waals surface area contributed by atoms with Crippen molar-refractivity contribution in [1.29, 1.82) is 0 Å². The molecule has 0 aliphatic rings. The Morgan fingerprint density at radius 1 is 0.906 bits per heavy atom. The van der Waals surface area contributed by atoms with Gasteiger partial charge in [-0.3, -0.25) is 4.79 Å². The molecule has 0 aliphatic carbocycles. The lowest BCUT2D eigenvalue weighted by Gasteiger charge is -2.20. The molecule has 32 heavy (non-hydrogen) atoms. The SMILES string of the molecule is O=C(N[C@@H](CO)C(=O)N[C@H](CCS(=O)(=O)c1ccccc1)C(=O)O)OCc1ccccc1. The van der Waals surface area contributed by atoms with Gasteiger partial charge >= 0.3 is 12.1 Å². The van der Waals surface area contributed by atoms with Crippen LogP contribution in [0.25, 0.3) is 0 Å². The number of alkyl carbamates (subject to hydrolysis) is 1. The summed E-state index contributed by atoms with van der Waals surface area (Å²) in [5.74, 6) is -2.97. The summed E-state index contributed by atoms with van der Waals surface area (Å²) in [4.78, 5) is 35.8. The summed E-state index contributed by atoms with van der Waals surface area (Å²) in [6.45, 7) is -0.886. The number of nitrogens with one attached hydrogen (secondary N) is 2. The first-order valence-corrected chi connectivity index (χ1v) is 11.3. The van der Waals surface area contributed by atoms with Crippen molar-refractivity contribution in [2.45, 2.75) is 30.0 Å². The Labute approximate surface area is 185 Å². The Bertz CT molecular complexity index is 1010. The van der Waals surface area contributed by atoms with Gasteiger partial charge in [0.05, 0.1) is 17.3 Å². The zero-order chi connectivity index (χ0) is 23.6. The number of ether oxygens (including phenoxy) is 1. The number of carboxylic acids is 1. The molecule has 4 N–H and O–H groups in total. The van der Waals surface area contributed by atoms with Gasteiger partial charge < -0.3 is 25.6 Å². The molecule has 0 spiro atoms. The maximum absolute atomic E-state index is 12.4. The molecule has 2 aromatic rings. The standard InChI is InChI=1S/C21H24N2O8S/c24-13-18(23-21(28)31-14-15-7-3-1-4-8-15)19(25)22-17(20(26)27)11-12-32(29,30)16-9-5-2-6-10-16/h1-10,17-18,24H,11-14H2,(H,22,25)(H,23,28)(H,26,27)/t17-,18+/m1/s1. The highest BCUT2D eigenvalue weighted by Crippen LogP contribution is 2.12. The molecule has 2 amide bonds. The summed E-state index contributed by atoms with van der Waals surface area (Å²) in [5.41, 5.74) is 0.707. The van der Waals surface area contributed by atoms with Crippen LogP contribution in [-0.4, -0.2) is 61.0 Å². The Kier molecular flexibility index (Phi) is 9.17. The van der Waals surface area contributed by atoms with Crippen molar-refractivity contribution in [3.63, 3.8) is 0 Å². The first-order valence-electron chi connectivity index (χ1n) is 9.62. The van der Waals surface area contributed by atoms with Crippen molar-refractivity contribution < 1.29 is 37.8 Å². The summed E-state index contributed by atoms with van der Waals surface area (Å²) in [6.07, 6.45) is -1.39. The van der Waals surface area contributed by atoms with E-state index in [1.807, 2.05) is 0 Å². The molecule has 10 nitrogen and oxygen atoms in total. The second-order valence-corrected chi connectivity index (χ2v) is 8.87. The number of rotatable bonds is 11. The maximum atomic E-state index is 12.4. The van der Waals surface area contributed by atoms with E-state index in [9.17, 15) is 33.0 Å². The molecule has 2 aromatic carbocycles. The van der Waals surface area contributed by atoms with Crippen LogP contribution in [0.15, 0.2) is 65.6 Å². The average molecular weight is 464 g/mol. The van der Waals surface area contributed by atoms with Crippen molar-refractivity contribution >= 4 is 27.8 Å². The summed E-state index contributed by atoms with van der Waals surface area (Å²) < 4.78 is 29.7. The second kappa shape index (κ2) is 11.8. The van der Waals surface area contributed by atoms with Gasteiger partial charge in [0.15, 0.2) is 9.84 Å². The summed E-state index contributed by atoms with van der Waals surface area (Å²) in [7, 11) is -3.76. The zero-order valence-electron chi connectivity index (χ0n) is 17.0. The number of amides is 2. The number of hydrogen-bond acceptors (Lipinski definition) is 7. The minimum Gasteiger partial charge on any atom is -0.480 e. The zero-order valence-corrected chi connectivity index (χ0v) is 17.8. The summed E-state index contributed by atoms with van der Waals surface area (Å²) in [6, 6.07) is 13.2. The van der Waals surface area contributed by atoms with Crippen LogP contribution in [0, 0.1) is 0 Å². The Hall–Kier alpha value is -3.44. The van der Waals surface area contributed by atoms with E-state index in [2.05, 4.69) is 10.6 Å². The third kappa shape index (κ3) is 7.67. The minimum atomic E-state index is -3.76. The van der Waals surface area contributed by atoms with E-state index in [1.165, 1.54) is 24.3 Å². The van der Waals surface area contributed by atoms with Crippen LogP contribution in [-0.2, 0) is 30.8 Å². The van der Waals surface area contributed by atoms with Gasteiger partial charge in [0.2, 0.25) is 5.91 Å². The molecule has 0 unspecified atom stereocenters. The van der Waals surface area contributed by atoms with Crippen LogP contribution in [0.5, 0.6) is 0 Å². The summed E-state index contributed by atoms with van der Waals surface area (Å²) in [5, 5.41) is 23.0. The molecule has 0 aliphatic heterocycles. The fourth-order valence-corrected chi connectivity index (χ4v) is 4.00. The third-order valence-electron chi connectivity index (χ3n) is 4.40. The number of hydrogen-bond donors (Lipinski definition) is 4. The van der Waals surface area contributed by atoms with Crippen LogP contribution in [0.2, 0.25) is 0 Å². The topological polar surface area (TPSA) is 159 Å². The Morgan fingerprint density at radius 3 is 2.06 bits per heavy atom. The highest BCUT2D eigenvalue weighted by Gasteiger charge is 2.28. The number of aliphatic carboxylic acids is 1. The maximum Gasteiger partial charge on any atom is 0.408 e. The highest BCUT2D eigenvalue weighted by atomic mass is 32.2. The van der Waals surface area contributed by atoms with Crippen LogP contribution in [0.1, 0.15) is 12.0 Å². The van der Waals surface area contributed by atoms with E-state index in [4.69, 9.17) is 4.74 Å². The molecule has 11 heteroatoms. The van der Waals surface area contributed by atoms with Crippen molar-refractivity contribution in [3.05, 3.63) is 66.2 Å². The van der Waals surface area contributed by atoms with E-state index < -0.39 is 58.7 Å². The Morgan fingerprint density at radius 2 is 1.50 bits per heavy atom. The number of benzene rings is 2. The van der Waals surface area contributed by atoms with Gasteiger partial charge in [-0.05, 0) is 24.1 Å². The lowest BCUT2D eigenvalue weighted by molar-refractivity contribution is -0.142. The number of aliphatic hydroxyl groups is 1. The van der Waals surface area contributed by atoms with Crippen LogP contribution < -0.4 is 10.6 Å². The number of carbonyl (C=O) groups is 3. The fraction of sp³-hybridized carbons (Fsp3) is 0.286. The van der Waals surface area contributed by atoms with Crippen molar-refractivity contribution in [2.75, 3.05) is 12.4 Å². The average Bonchev–Trinajstić information content (AvgIpc) is 2.79. The monoisotopic (exact) mass is 464 g/mol. The van der Waals surface area contributed by atoms with Crippen LogP contribution >= 0.6 is 0 Å². The molecule has 0 bridgehead atoms. The highest BCUT2D eigenvalue weighted by molar-refractivity contribution is 7.91. The van der Waals surface area contributed by atoms with Gasteiger partial charge in [0, 0.05) is 0 Å². The molecule has 0 saturated carbocycles. The molecule has 0 radical (unpaired) electrons. The van der Waals surface area contributed by atoms with E-state index in [-0.39, 0.29) is 11.5 Å². The first-order chi connectivity index (χ1) is 15.2. The molecule has 0 heterocycles. The van der Waals surface area contributed by atoms with E-state index >= 15 is 0 Å². The molecular weight excluding hydrogens is 440 g/mol. The van der Waals surface area contributed by atoms with E-state index in [0.717, 1.165) is 0 Å². The predicted octanol–water partition coefficient (Wildman–Crippen LogP) is 0.707. The minimum absolute atomic E-state index is 0.0338. The molecular formula is C21H24N2O8S. The number of sulfone groups is 1. The van der Waals surface area contributed by atoms with Gasteiger partial charge in [-0.25, -0.2) is 18.0 Å². The molecule has 0 aromatic heterocycles. The van der Waals surface area contributed by atoms with Gasteiger partial charge in [-0.1, -0.05) is 48.5 Å². The van der Waals surface area contributed by atoms with Gasteiger partial charge in [0.1, 0.15) is 18.7 Å². The quantitative estimate of drug-likeness (QED) is 0.378. The molecule has 2 rings (SSSR count). The van der Waals surface area contributed by atoms with E-state index in [0.29, 0.717) is 5.56 Å². The second-order valence-electron chi connectivity index (χ2n) is 6.76. The predicted molar refractivity (Wildman–Crippen MR) is 113 cm³/mol. The largest absolute Gasteiger partial charge is 0.480 e. The summed E-state index contributed by atoms with van der Waals surface area (Å²) >= 11 is 0. The number of carbonyl (C=O) groups excluding carboxylic acids is 2. The van der Waals surface area contributed by atoms with Gasteiger partial charge in [-0.2, -0.15) is 0 Å². The van der Waals surface area contributed by atoms with E-state index in [1.54, 1.807) is 36.4 Å². The van der Waals surface area contributed by atoms with Crippen molar-refractivity contribution in [1.82, 2.24) is 10.6 Å². The van der Waals surface area contributed by atoms with Gasteiger partial charge in [-0.15, -0.1) is 0 Å². The molecule has 0 fully saturated rings. The fourth-order valence-electron chi connectivity index (χ4n) is 2.65. The van der Waals surface area contributed by atoms with Crippen molar-refractivity contribution in [3.8, 4) is 0 Å².